The number of benzene rings is 1. The lowest BCUT2D eigenvalue weighted by Gasteiger charge is -2.26. The van der Waals surface area contributed by atoms with E-state index in [-0.39, 0.29) is 5.91 Å². The summed E-state index contributed by atoms with van der Waals surface area (Å²) >= 11 is 0. The van der Waals surface area contributed by atoms with Gasteiger partial charge in [0.25, 0.3) is 0 Å². The molecule has 2 rings (SSSR count). The fourth-order valence-corrected chi connectivity index (χ4v) is 2.23. The van der Waals surface area contributed by atoms with E-state index in [4.69, 9.17) is 4.74 Å². The molecule has 0 saturated heterocycles. The van der Waals surface area contributed by atoms with E-state index in [2.05, 4.69) is 15.5 Å². The summed E-state index contributed by atoms with van der Waals surface area (Å²) in [5, 5.41) is 9.77. The molecule has 1 amide bonds. The molecule has 0 aliphatic carbocycles. The maximum Gasteiger partial charge on any atom is 0.230 e. The van der Waals surface area contributed by atoms with Crippen molar-refractivity contribution in [2.75, 3.05) is 7.11 Å². The minimum Gasteiger partial charge on any atom is -0.496 e. The van der Waals surface area contributed by atoms with Gasteiger partial charge in [0, 0.05) is 23.4 Å². The molecule has 0 saturated carbocycles. The molecule has 1 heterocycles. The molecule has 0 bridgehead atoms. The number of methoxy groups -OCH3 is 1. The van der Waals surface area contributed by atoms with Gasteiger partial charge in [-0.25, -0.2) is 0 Å². The van der Waals surface area contributed by atoms with Crippen molar-refractivity contribution in [1.82, 2.24) is 15.5 Å². The van der Waals surface area contributed by atoms with Crippen molar-refractivity contribution in [3.8, 4) is 5.75 Å². The molecule has 0 fully saturated rings. The Hall–Kier alpha value is -2.30. The average molecular weight is 287 g/mol. The van der Waals surface area contributed by atoms with Gasteiger partial charge in [0.2, 0.25) is 5.91 Å². The third kappa shape index (κ3) is 3.07. The Balaban J connectivity index is 2.15. The van der Waals surface area contributed by atoms with Crippen LogP contribution in [0.25, 0.3) is 0 Å². The monoisotopic (exact) mass is 287 g/mol. The number of para-hydroxylation sites is 1. The normalized spacial score (nSPS) is 11.2. The molecule has 2 N–H and O–H groups in total. The topological polar surface area (TPSA) is 67.0 Å². The number of rotatable bonds is 5. The quantitative estimate of drug-likeness (QED) is 0.887. The molecule has 112 valence electrons. The Kier molecular flexibility index (Phi) is 4.31. The van der Waals surface area contributed by atoms with Gasteiger partial charge >= 0.3 is 0 Å². The first-order valence-corrected chi connectivity index (χ1v) is 6.87. The van der Waals surface area contributed by atoms with Gasteiger partial charge < -0.3 is 10.1 Å². The average Bonchev–Trinajstić information content (AvgIpc) is 2.89. The number of carbonyl (C=O) groups is 1. The first-order valence-electron chi connectivity index (χ1n) is 6.87. The lowest BCUT2D eigenvalue weighted by atomic mass is 9.83. The number of aromatic nitrogens is 2. The molecule has 0 atom stereocenters. The lowest BCUT2D eigenvalue weighted by Crippen LogP contribution is -2.40. The summed E-state index contributed by atoms with van der Waals surface area (Å²) in [6, 6.07) is 7.59. The lowest BCUT2D eigenvalue weighted by molar-refractivity contribution is -0.125. The summed E-state index contributed by atoms with van der Waals surface area (Å²) in [6.45, 7) is 6.17. The van der Waals surface area contributed by atoms with E-state index >= 15 is 0 Å². The summed E-state index contributed by atoms with van der Waals surface area (Å²) in [7, 11) is 1.61. The van der Waals surface area contributed by atoms with Gasteiger partial charge in [0.05, 0.1) is 18.7 Å². The first kappa shape index (κ1) is 15.1. The van der Waals surface area contributed by atoms with E-state index in [9.17, 15) is 4.79 Å². The number of ether oxygens (including phenoxy) is 1. The highest BCUT2D eigenvalue weighted by Crippen LogP contribution is 2.31. The molecule has 1 aromatic carbocycles. The van der Waals surface area contributed by atoms with Crippen LogP contribution < -0.4 is 10.1 Å². The molecular weight excluding hydrogens is 266 g/mol. The number of H-pyrrole nitrogens is 1. The summed E-state index contributed by atoms with van der Waals surface area (Å²) in [5.41, 5.74) is 2.14. The number of nitrogens with one attached hydrogen (secondary N) is 2. The van der Waals surface area contributed by atoms with Crippen molar-refractivity contribution < 1.29 is 9.53 Å². The fraction of sp³-hybridized carbons (Fsp3) is 0.375. The SMILES string of the molecule is COc1ccccc1C(C)(C)C(=O)NCc1cn[nH]c1C. The van der Waals surface area contributed by atoms with Gasteiger partial charge in [0.15, 0.2) is 0 Å². The van der Waals surface area contributed by atoms with Gasteiger partial charge in [-0.1, -0.05) is 18.2 Å². The number of hydrogen-bond donors (Lipinski definition) is 2. The maximum atomic E-state index is 12.5. The number of hydrogen-bond acceptors (Lipinski definition) is 3. The number of amides is 1. The molecule has 1 aromatic heterocycles. The predicted octanol–water partition coefficient (Wildman–Crippen LogP) is 2.32. The Morgan fingerprint density at radius 1 is 1.38 bits per heavy atom. The highest BCUT2D eigenvalue weighted by molar-refractivity contribution is 5.88. The number of carbonyl (C=O) groups excluding carboxylic acids is 1. The van der Waals surface area contributed by atoms with Crippen molar-refractivity contribution in [2.45, 2.75) is 32.7 Å². The summed E-state index contributed by atoms with van der Waals surface area (Å²) in [6.07, 6.45) is 1.73. The van der Waals surface area contributed by atoms with Gasteiger partial charge in [-0.2, -0.15) is 5.10 Å². The molecule has 5 heteroatoms. The maximum absolute atomic E-state index is 12.5. The molecule has 2 aromatic rings. The van der Waals surface area contributed by atoms with Crippen LogP contribution in [-0.4, -0.2) is 23.2 Å². The van der Waals surface area contributed by atoms with E-state index in [0.717, 1.165) is 22.6 Å². The zero-order valence-electron chi connectivity index (χ0n) is 12.9. The molecule has 0 aliphatic heterocycles. The standard InChI is InChI=1S/C16H21N3O2/c1-11-12(10-18-19-11)9-17-15(20)16(2,3)13-7-5-6-8-14(13)21-4/h5-8,10H,9H2,1-4H3,(H,17,20)(H,18,19). The third-order valence-electron chi connectivity index (χ3n) is 3.72. The number of aryl methyl sites for hydroxylation is 1. The summed E-state index contributed by atoms with van der Waals surface area (Å²) in [5.74, 6) is 0.671. The van der Waals surface area contributed by atoms with Gasteiger partial charge in [-0.15, -0.1) is 0 Å². The highest BCUT2D eigenvalue weighted by Gasteiger charge is 2.32. The predicted molar refractivity (Wildman–Crippen MR) is 81.2 cm³/mol. The van der Waals surface area contributed by atoms with Gasteiger partial charge in [-0.05, 0) is 26.8 Å². The van der Waals surface area contributed by atoms with Crippen molar-refractivity contribution in [1.29, 1.82) is 0 Å². The van der Waals surface area contributed by atoms with Crippen molar-refractivity contribution in [3.05, 3.63) is 47.3 Å². The van der Waals surface area contributed by atoms with Crippen LogP contribution in [0, 0.1) is 6.92 Å². The zero-order chi connectivity index (χ0) is 15.5. The molecular formula is C16H21N3O2. The molecule has 5 nitrogen and oxygen atoms in total. The molecule has 0 aliphatic rings. The van der Waals surface area contributed by atoms with Crippen LogP contribution in [0.3, 0.4) is 0 Å². The van der Waals surface area contributed by atoms with Crippen LogP contribution in [0.1, 0.15) is 30.7 Å². The van der Waals surface area contributed by atoms with Crippen LogP contribution >= 0.6 is 0 Å². The molecule has 0 unspecified atom stereocenters. The number of aromatic amines is 1. The highest BCUT2D eigenvalue weighted by atomic mass is 16.5. The van der Waals surface area contributed by atoms with E-state index in [1.54, 1.807) is 13.3 Å². The van der Waals surface area contributed by atoms with Crippen LogP contribution in [0.4, 0.5) is 0 Å². The minimum atomic E-state index is -0.676. The number of nitrogens with zero attached hydrogens (tertiary/aromatic N) is 1. The summed E-state index contributed by atoms with van der Waals surface area (Å²) in [4.78, 5) is 12.5. The Labute approximate surface area is 124 Å². The minimum absolute atomic E-state index is 0.0485. The van der Waals surface area contributed by atoms with Gasteiger partial charge in [-0.3, -0.25) is 9.89 Å². The second kappa shape index (κ2) is 5.99. The first-order chi connectivity index (χ1) is 9.96. The van der Waals surface area contributed by atoms with E-state index in [0.29, 0.717) is 6.54 Å². The van der Waals surface area contributed by atoms with E-state index < -0.39 is 5.41 Å². The van der Waals surface area contributed by atoms with Crippen LogP contribution in [0.5, 0.6) is 5.75 Å². The smallest absolute Gasteiger partial charge is 0.230 e. The van der Waals surface area contributed by atoms with Crippen LogP contribution in [0.2, 0.25) is 0 Å². The van der Waals surface area contributed by atoms with E-state index in [1.165, 1.54) is 0 Å². The fourth-order valence-electron chi connectivity index (χ4n) is 2.23. The zero-order valence-corrected chi connectivity index (χ0v) is 12.9. The second-order valence-corrected chi connectivity index (χ2v) is 5.53. The van der Waals surface area contributed by atoms with Crippen LogP contribution in [0.15, 0.2) is 30.5 Å². The third-order valence-corrected chi connectivity index (χ3v) is 3.72. The van der Waals surface area contributed by atoms with Crippen molar-refractivity contribution in [3.63, 3.8) is 0 Å². The second-order valence-electron chi connectivity index (χ2n) is 5.53. The summed E-state index contributed by atoms with van der Waals surface area (Å²) < 4.78 is 5.36. The molecule has 0 radical (unpaired) electrons. The van der Waals surface area contributed by atoms with Crippen LogP contribution in [-0.2, 0) is 16.8 Å². The Morgan fingerprint density at radius 3 is 2.71 bits per heavy atom. The largest absolute Gasteiger partial charge is 0.496 e. The molecule has 0 spiro atoms. The Morgan fingerprint density at radius 2 is 2.10 bits per heavy atom. The van der Waals surface area contributed by atoms with Crippen molar-refractivity contribution in [2.24, 2.45) is 0 Å². The van der Waals surface area contributed by atoms with Crippen molar-refractivity contribution >= 4 is 5.91 Å². The van der Waals surface area contributed by atoms with Gasteiger partial charge in [0.1, 0.15) is 5.75 Å². The van der Waals surface area contributed by atoms with E-state index in [1.807, 2.05) is 45.0 Å². The molecule has 21 heavy (non-hydrogen) atoms. The Bertz CT molecular complexity index is 632.